The van der Waals surface area contributed by atoms with E-state index in [1.165, 1.54) is 0 Å². The van der Waals surface area contributed by atoms with Crippen LogP contribution >= 0.6 is 0 Å². The Labute approximate surface area is 139 Å². The maximum absolute atomic E-state index is 12.2. The van der Waals surface area contributed by atoms with E-state index in [-0.39, 0.29) is 5.41 Å². The molecule has 0 aromatic carbocycles. The highest BCUT2D eigenvalue weighted by atomic mass is 16.5. The molecule has 0 spiro atoms. The van der Waals surface area contributed by atoms with Crippen LogP contribution < -0.4 is 0 Å². The number of carbonyl (C=O) groups excluding carboxylic acids is 1. The van der Waals surface area contributed by atoms with Crippen LogP contribution in [0.3, 0.4) is 0 Å². The average Bonchev–Trinajstić information content (AvgIpc) is 2.52. The first-order chi connectivity index (χ1) is 10.9. The van der Waals surface area contributed by atoms with E-state index in [0.29, 0.717) is 25.7 Å². The van der Waals surface area contributed by atoms with E-state index in [1.54, 1.807) is 0 Å². The average molecular weight is 325 g/mol. The van der Waals surface area contributed by atoms with Crippen LogP contribution in [0.2, 0.25) is 0 Å². The molecule has 6 nitrogen and oxygen atoms in total. The summed E-state index contributed by atoms with van der Waals surface area (Å²) in [6, 6.07) is 0. The minimum atomic E-state index is -0.458. The Morgan fingerprint density at radius 3 is 2.35 bits per heavy atom. The molecular weight excluding hydrogens is 294 g/mol. The Bertz CT molecular complexity index is 417. The van der Waals surface area contributed by atoms with E-state index in [9.17, 15) is 4.79 Å². The third kappa shape index (κ3) is 5.77. The van der Waals surface area contributed by atoms with Crippen LogP contribution in [-0.2, 0) is 9.47 Å². The smallest absolute Gasteiger partial charge is 0.435 e. The molecule has 0 saturated carbocycles. The first kappa shape index (κ1) is 18.2. The highest BCUT2D eigenvalue weighted by molar-refractivity contribution is 5.95. The third-order valence-corrected chi connectivity index (χ3v) is 4.46. The number of ether oxygens (including phenoxy) is 2. The fourth-order valence-electron chi connectivity index (χ4n) is 3.02. The summed E-state index contributed by atoms with van der Waals surface area (Å²) in [6.45, 7) is 11.8. The lowest BCUT2D eigenvalue weighted by Crippen LogP contribution is -2.46. The zero-order chi connectivity index (χ0) is 16.9. The predicted octanol–water partition coefficient (Wildman–Crippen LogP) is 2.24. The highest BCUT2D eigenvalue weighted by Gasteiger charge is 2.28. The van der Waals surface area contributed by atoms with Gasteiger partial charge in [-0.2, -0.15) is 4.99 Å². The minimum Gasteiger partial charge on any atom is -0.448 e. The molecule has 2 heterocycles. The SMILES string of the molecule is CN1CCC(COC(=O)/N=C(\N2CCOCC2)C(C)(C)C)CC1. The largest absolute Gasteiger partial charge is 0.448 e. The van der Waals surface area contributed by atoms with Crippen LogP contribution in [0.1, 0.15) is 33.6 Å². The fraction of sp³-hybridized carbons (Fsp3) is 0.882. The molecule has 2 aliphatic rings. The van der Waals surface area contributed by atoms with Gasteiger partial charge in [0.2, 0.25) is 0 Å². The highest BCUT2D eigenvalue weighted by Crippen LogP contribution is 2.21. The summed E-state index contributed by atoms with van der Waals surface area (Å²) < 4.78 is 10.8. The molecule has 0 radical (unpaired) electrons. The Morgan fingerprint density at radius 1 is 1.17 bits per heavy atom. The number of hydrogen-bond donors (Lipinski definition) is 0. The third-order valence-electron chi connectivity index (χ3n) is 4.46. The normalized spacial score (nSPS) is 22.3. The van der Waals surface area contributed by atoms with Gasteiger partial charge in [0.05, 0.1) is 19.8 Å². The molecule has 1 amide bonds. The van der Waals surface area contributed by atoms with Crippen molar-refractivity contribution < 1.29 is 14.3 Å². The maximum Gasteiger partial charge on any atom is 0.435 e. The fourth-order valence-corrected chi connectivity index (χ4v) is 3.02. The predicted molar refractivity (Wildman–Crippen MR) is 90.9 cm³/mol. The molecule has 0 bridgehead atoms. The Morgan fingerprint density at radius 2 is 1.78 bits per heavy atom. The van der Waals surface area contributed by atoms with Crippen molar-refractivity contribution in [2.45, 2.75) is 33.6 Å². The van der Waals surface area contributed by atoms with Crippen molar-refractivity contribution in [2.75, 3.05) is 53.0 Å². The van der Waals surface area contributed by atoms with Gasteiger partial charge in [-0.25, -0.2) is 4.79 Å². The number of rotatable bonds is 2. The summed E-state index contributed by atoms with van der Waals surface area (Å²) in [7, 11) is 2.13. The summed E-state index contributed by atoms with van der Waals surface area (Å²) in [5, 5.41) is 0. The van der Waals surface area contributed by atoms with Gasteiger partial charge in [-0.15, -0.1) is 0 Å². The van der Waals surface area contributed by atoms with E-state index >= 15 is 0 Å². The van der Waals surface area contributed by atoms with E-state index in [2.05, 4.69) is 42.6 Å². The van der Waals surface area contributed by atoms with Crippen molar-refractivity contribution in [2.24, 2.45) is 16.3 Å². The standard InChI is InChI=1S/C17H31N3O3/c1-17(2,3)15(20-9-11-22-12-10-20)18-16(21)23-13-14-5-7-19(4)8-6-14/h14H,5-13H2,1-4H3/b18-15-. The molecule has 6 heteroatoms. The molecule has 0 unspecified atom stereocenters. The summed E-state index contributed by atoms with van der Waals surface area (Å²) >= 11 is 0. The van der Waals surface area contributed by atoms with Gasteiger partial charge in [-0.3, -0.25) is 0 Å². The maximum atomic E-state index is 12.2. The van der Waals surface area contributed by atoms with E-state index in [4.69, 9.17) is 9.47 Å². The van der Waals surface area contributed by atoms with Crippen LogP contribution in [0.25, 0.3) is 0 Å². The van der Waals surface area contributed by atoms with Gasteiger partial charge in [0.1, 0.15) is 5.84 Å². The van der Waals surface area contributed by atoms with Crippen molar-refractivity contribution in [3.8, 4) is 0 Å². The van der Waals surface area contributed by atoms with E-state index in [1.807, 2.05) is 0 Å². The lowest BCUT2D eigenvalue weighted by atomic mass is 9.93. The molecular formula is C17H31N3O3. The number of morpholine rings is 1. The lowest BCUT2D eigenvalue weighted by molar-refractivity contribution is 0.0640. The van der Waals surface area contributed by atoms with Crippen molar-refractivity contribution in [1.82, 2.24) is 9.80 Å². The second kappa shape index (κ2) is 8.11. The molecule has 2 saturated heterocycles. The summed E-state index contributed by atoms with van der Waals surface area (Å²) in [4.78, 5) is 20.9. The summed E-state index contributed by atoms with van der Waals surface area (Å²) in [5.41, 5.74) is -0.191. The number of carbonyl (C=O) groups is 1. The number of hydrogen-bond acceptors (Lipinski definition) is 4. The van der Waals surface area contributed by atoms with Gasteiger partial charge >= 0.3 is 6.09 Å². The quantitative estimate of drug-likeness (QED) is 0.576. The van der Waals surface area contributed by atoms with Crippen LogP contribution in [0.15, 0.2) is 4.99 Å². The molecule has 0 atom stereocenters. The first-order valence-electron chi connectivity index (χ1n) is 8.63. The topological polar surface area (TPSA) is 54.4 Å². The van der Waals surface area contributed by atoms with E-state index in [0.717, 1.165) is 44.9 Å². The summed E-state index contributed by atoms with van der Waals surface area (Å²) in [5.74, 6) is 1.26. The zero-order valence-electron chi connectivity index (χ0n) is 15.0. The Kier molecular flexibility index (Phi) is 6.41. The number of amidine groups is 1. The van der Waals surface area contributed by atoms with Crippen LogP contribution in [0.4, 0.5) is 4.79 Å². The summed E-state index contributed by atoms with van der Waals surface area (Å²) in [6.07, 6.45) is 1.71. The molecule has 132 valence electrons. The number of aliphatic imine (C=N–C) groups is 1. The van der Waals surface area contributed by atoms with Gasteiger partial charge in [-0.05, 0) is 38.9 Å². The van der Waals surface area contributed by atoms with Crippen molar-refractivity contribution in [3.63, 3.8) is 0 Å². The number of piperidine rings is 1. The first-order valence-corrected chi connectivity index (χ1v) is 8.63. The van der Waals surface area contributed by atoms with Gasteiger partial charge in [0, 0.05) is 18.5 Å². The number of amides is 1. The van der Waals surface area contributed by atoms with E-state index < -0.39 is 6.09 Å². The molecule has 2 rings (SSSR count). The van der Waals surface area contributed by atoms with Crippen LogP contribution in [-0.4, -0.2) is 74.8 Å². The lowest BCUT2D eigenvalue weighted by Gasteiger charge is -2.35. The Hall–Kier alpha value is -1.14. The van der Waals surface area contributed by atoms with Crippen molar-refractivity contribution in [3.05, 3.63) is 0 Å². The molecule has 0 aromatic rings. The van der Waals surface area contributed by atoms with Gasteiger partial charge in [0.15, 0.2) is 0 Å². The molecule has 0 aromatic heterocycles. The molecule has 0 aliphatic carbocycles. The minimum absolute atomic E-state index is 0.191. The van der Waals surface area contributed by atoms with Crippen LogP contribution in [0.5, 0.6) is 0 Å². The van der Waals surface area contributed by atoms with Crippen LogP contribution in [0, 0.1) is 11.3 Å². The van der Waals surface area contributed by atoms with Crippen molar-refractivity contribution >= 4 is 11.9 Å². The van der Waals surface area contributed by atoms with Gasteiger partial charge in [-0.1, -0.05) is 20.8 Å². The zero-order valence-corrected chi connectivity index (χ0v) is 15.0. The monoisotopic (exact) mass is 325 g/mol. The van der Waals surface area contributed by atoms with Crippen molar-refractivity contribution in [1.29, 1.82) is 0 Å². The Balaban J connectivity index is 1.91. The second-order valence-electron chi connectivity index (χ2n) is 7.61. The molecule has 2 aliphatic heterocycles. The van der Waals surface area contributed by atoms with Gasteiger partial charge < -0.3 is 19.3 Å². The number of nitrogens with zero attached hydrogens (tertiary/aromatic N) is 3. The molecule has 2 fully saturated rings. The van der Waals surface area contributed by atoms with Gasteiger partial charge in [0.25, 0.3) is 0 Å². The molecule has 0 N–H and O–H groups in total. The second-order valence-corrected chi connectivity index (χ2v) is 7.61. The molecule has 23 heavy (non-hydrogen) atoms. The number of likely N-dealkylation sites (tertiary alicyclic amines) is 1.